The molecule has 1 saturated heterocycles. The van der Waals surface area contributed by atoms with Crippen molar-refractivity contribution in [3.05, 3.63) is 24.3 Å². The monoisotopic (exact) mass is 292 g/mol. The van der Waals surface area contributed by atoms with Gasteiger partial charge in [-0.05, 0) is 32.0 Å². The van der Waals surface area contributed by atoms with Crippen LogP contribution in [0.2, 0.25) is 0 Å². The van der Waals surface area contributed by atoms with Gasteiger partial charge in [0.1, 0.15) is 5.75 Å². The SMILES string of the molecule is CCCNC1COCC1C(=O)Nc1cccc(OCC)c1. The highest BCUT2D eigenvalue weighted by atomic mass is 16.5. The maximum absolute atomic E-state index is 12.4. The number of amides is 1. The summed E-state index contributed by atoms with van der Waals surface area (Å²) in [6, 6.07) is 7.55. The van der Waals surface area contributed by atoms with E-state index in [1.54, 1.807) is 0 Å². The molecule has 0 saturated carbocycles. The topological polar surface area (TPSA) is 59.6 Å². The Bertz CT molecular complexity index is 465. The van der Waals surface area contributed by atoms with Crippen molar-refractivity contribution < 1.29 is 14.3 Å². The van der Waals surface area contributed by atoms with E-state index in [0.717, 1.165) is 24.4 Å². The fourth-order valence-electron chi connectivity index (χ4n) is 2.41. The Morgan fingerprint density at radius 1 is 1.38 bits per heavy atom. The van der Waals surface area contributed by atoms with Crippen molar-refractivity contribution in [1.82, 2.24) is 5.32 Å². The van der Waals surface area contributed by atoms with Crippen LogP contribution in [0.1, 0.15) is 20.3 Å². The molecule has 1 aliphatic heterocycles. The number of nitrogens with one attached hydrogen (secondary N) is 2. The van der Waals surface area contributed by atoms with E-state index in [1.165, 1.54) is 0 Å². The van der Waals surface area contributed by atoms with Crippen LogP contribution < -0.4 is 15.4 Å². The molecular formula is C16H24N2O3. The third-order valence-corrected chi connectivity index (χ3v) is 3.49. The van der Waals surface area contributed by atoms with Crippen LogP contribution in [0, 0.1) is 5.92 Å². The highest BCUT2D eigenvalue weighted by molar-refractivity contribution is 5.93. The van der Waals surface area contributed by atoms with E-state index in [-0.39, 0.29) is 17.9 Å². The standard InChI is InChI=1S/C16H24N2O3/c1-3-8-17-15-11-20-10-14(15)16(19)18-12-6-5-7-13(9-12)21-4-2/h5-7,9,14-15,17H,3-4,8,10-11H2,1-2H3,(H,18,19). The van der Waals surface area contributed by atoms with E-state index in [2.05, 4.69) is 17.6 Å². The first-order valence-electron chi connectivity index (χ1n) is 7.59. The predicted molar refractivity (Wildman–Crippen MR) is 82.6 cm³/mol. The predicted octanol–water partition coefficient (Wildman–Crippen LogP) is 2.04. The average Bonchev–Trinajstić information content (AvgIpc) is 2.94. The molecule has 2 rings (SSSR count). The summed E-state index contributed by atoms with van der Waals surface area (Å²) >= 11 is 0. The molecule has 1 amide bonds. The Labute approximate surface area is 126 Å². The molecule has 1 aliphatic rings. The number of anilines is 1. The third kappa shape index (κ3) is 4.44. The summed E-state index contributed by atoms with van der Waals surface area (Å²) in [6.45, 7) is 6.62. The first-order chi connectivity index (χ1) is 10.2. The fourth-order valence-corrected chi connectivity index (χ4v) is 2.41. The second-order valence-electron chi connectivity index (χ2n) is 5.15. The Morgan fingerprint density at radius 3 is 3.00 bits per heavy atom. The lowest BCUT2D eigenvalue weighted by molar-refractivity contribution is -0.120. The van der Waals surface area contributed by atoms with E-state index in [0.29, 0.717) is 19.8 Å². The molecule has 1 aromatic rings. The number of hydrogen-bond acceptors (Lipinski definition) is 4. The van der Waals surface area contributed by atoms with E-state index < -0.39 is 0 Å². The fraction of sp³-hybridized carbons (Fsp3) is 0.562. The molecule has 1 fully saturated rings. The highest BCUT2D eigenvalue weighted by Crippen LogP contribution is 2.20. The van der Waals surface area contributed by atoms with Gasteiger partial charge in [0.25, 0.3) is 0 Å². The van der Waals surface area contributed by atoms with Crippen molar-refractivity contribution >= 4 is 11.6 Å². The van der Waals surface area contributed by atoms with Gasteiger partial charge in [-0.25, -0.2) is 0 Å². The normalized spacial score (nSPS) is 21.2. The molecular weight excluding hydrogens is 268 g/mol. The van der Waals surface area contributed by atoms with Gasteiger partial charge in [-0.15, -0.1) is 0 Å². The van der Waals surface area contributed by atoms with Gasteiger partial charge in [-0.1, -0.05) is 13.0 Å². The third-order valence-electron chi connectivity index (χ3n) is 3.49. The van der Waals surface area contributed by atoms with Gasteiger partial charge in [0.05, 0.1) is 25.7 Å². The summed E-state index contributed by atoms with van der Waals surface area (Å²) in [5.74, 6) is 0.612. The summed E-state index contributed by atoms with van der Waals surface area (Å²) in [5.41, 5.74) is 0.757. The second-order valence-corrected chi connectivity index (χ2v) is 5.15. The Balaban J connectivity index is 1.95. The Hall–Kier alpha value is -1.59. The van der Waals surface area contributed by atoms with Crippen LogP contribution in [0.4, 0.5) is 5.69 Å². The molecule has 0 aliphatic carbocycles. The Kier molecular flexibility index (Phi) is 6.02. The van der Waals surface area contributed by atoms with E-state index in [4.69, 9.17) is 9.47 Å². The second kappa shape index (κ2) is 8.00. The first-order valence-corrected chi connectivity index (χ1v) is 7.59. The van der Waals surface area contributed by atoms with Gasteiger partial charge in [0, 0.05) is 17.8 Å². The van der Waals surface area contributed by atoms with Gasteiger partial charge in [-0.3, -0.25) is 4.79 Å². The molecule has 5 nitrogen and oxygen atoms in total. The Morgan fingerprint density at radius 2 is 2.24 bits per heavy atom. The molecule has 0 bridgehead atoms. The highest BCUT2D eigenvalue weighted by Gasteiger charge is 2.33. The first kappa shape index (κ1) is 15.8. The van der Waals surface area contributed by atoms with Crippen molar-refractivity contribution in [2.45, 2.75) is 26.3 Å². The molecule has 5 heteroatoms. The number of rotatable bonds is 7. The molecule has 1 heterocycles. The van der Waals surface area contributed by atoms with E-state index in [1.807, 2.05) is 31.2 Å². The van der Waals surface area contributed by atoms with Crippen molar-refractivity contribution in [2.75, 3.05) is 31.7 Å². The van der Waals surface area contributed by atoms with Crippen LogP contribution in [0.5, 0.6) is 5.75 Å². The van der Waals surface area contributed by atoms with Crippen molar-refractivity contribution in [3.8, 4) is 5.75 Å². The quantitative estimate of drug-likeness (QED) is 0.807. The lowest BCUT2D eigenvalue weighted by Crippen LogP contribution is -2.41. The molecule has 21 heavy (non-hydrogen) atoms. The minimum atomic E-state index is -0.146. The van der Waals surface area contributed by atoms with E-state index >= 15 is 0 Å². The van der Waals surface area contributed by atoms with Crippen LogP contribution in [0.15, 0.2) is 24.3 Å². The minimum Gasteiger partial charge on any atom is -0.494 e. The summed E-state index contributed by atoms with van der Waals surface area (Å²) in [5, 5.41) is 6.32. The van der Waals surface area contributed by atoms with Gasteiger partial charge in [0.2, 0.25) is 5.91 Å². The van der Waals surface area contributed by atoms with Crippen molar-refractivity contribution in [1.29, 1.82) is 0 Å². The smallest absolute Gasteiger partial charge is 0.231 e. The number of benzene rings is 1. The zero-order valence-electron chi connectivity index (χ0n) is 12.7. The van der Waals surface area contributed by atoms with Crippen LogP contribution >= 0.6 is 0 Å². The molecule has 0 aromatic heterocycles. The van der Waals surface area contributed by atoms with Crippen molar-refractivity contribution in [2.24, 2.45) is 5.92 Å². The molecule has 2 unspecified atom stereocenters. The summed E-state index contributed by atoms with van der Waals surface area (Å²) < 4.78 is 10.9. The van der Waals surface area contributed by atoms with Crippen LogP contribution in [-0.4, -0.2) is 38.3 Å². The number of carbonyl (C=O) groups excluding carboxylic acids is 1. The van der Waals surface area contributed by atoms with Gasteiger partial charge < -0.3 is 20.1 Å². The summed E-state index contributed by atoms with van der Waals surface area (Å²) in [6.07, 6.45) is 1.04. The maximum Gasteiger partial charge on any atom is 0.231 e. The maximum atomic E-state index is 12.4. The lowest BCUT2D eigenvalue weighted by atomic mass is 10.0. The molecule has 0 radical (unpaired) electrons. The number of hydrogen-bond donors (Lipinski definition) is 2. The summed E-state index contributed by atoms with van der Waals surface area (Å²) in [7, 11) is 0. The zero-order chi connectivity index (χ0) is 15.1. The van der Waals surface area contributed by atoms with Crippen molar-refractivity contribution in [3.63, 3.8) is 0 Å². The van der Waals surface area contributed by atoms with Crippen LogP contribution in [0.3, 0.4) is 0 Å². The molecule has 2 atom stereocenters. The van der Waals surface area contributed by atoms with Gasteiger partial charge in [0.15, 0.2) is 0 Å². The number of ether oxygens (including phenoxy) is 2. The van der Waals surface area contributed by atoms with Crippen LogP contribution in [-0.2, 0) is 9.53 Å². The van der Waals surface area contributed by atoms with E-state index in [9.17, 15) is 4.79 Å². The van der Waals surface area contributed by atoms with Crippen LogP contribution in [0.25, 0.3) is 0 Å². The molecule has 2 N–H and O–H groups in total. The minimum absolute atomic E-state index is 0.00486. The largest absolute Gasteiger partial charge is 0.494 e. The lowest BCUT2D eigenvalue weighted by Gasteiger charge is -2.18. The molecule has 116 valence electrons. The zero-order valence-corrected chi connectivity index (χ0v) is 12.7. The molecule has 0 spiro atoms. The van der Waals surface area contributed by atoms with Gasteiger partial charge >= 0.3 is 0 Å². The summed E-state index contributed by atoms with van der Waals surface area (Å²) in [4.78, 5) is 12.4. The van der Waals surface area contributed by atoms with Gasteiger partial charge in [-0.2, -0.15) is 0 Å². The number of carbonyl (C=O) groups is 1. The molecule has 1 aromatic carbocycles. The average molecular weight is 292 g/mol.